The van der Waals surface area contributed by atoms with Gasteiger partial charge >= 0.3 is 0 Å². The van der Waals surface area contributed by atoms with Gasteiger partial charge in [-0.25, -0.2) is 0 Å². The van der Waals surface area contributed by atoms with Crippen molar-refractivity contribution in [2.75, 3.05) is 32.8 Å². The van der Waals surface area contributed by atoms with Crippen LogP contribution in [0.4, 0.5) is 0 Å². The summed E-state index contributed by atoms with van der Waals surface area (Å²) < 4.78 is 5.80. The number of ether oxygens (including phenoxy) is 1. The zero-order chi connectivity index (χ0) is 19.1. The molecule has 4 nitrogen and oxygen atoms in total. The lowest BCUT2D eigenvalue weighted by atomic mass is 9.98. The summed E-state index contributed by atoms with van der Waals surface area (Å²) in [6.07, 6.45) is 8.64. The van der Waals surface area contributed by atoms with Crippen molar-refractivity contribution in [1.29, 1.82) is 0 Å². The Morgan fingerprint density at radius 1 is 1.04 bits per heavy atom. The van der Waals surface area contributed by atoms with Crippen molar-refractivity contribution in [3.8, 4) is 5.75 Å². The fraction of sp³-hybridized carbons (Fsp3) is 0.696. The fourth-order valence-corrected chi connectivity index (χ4v) is 4.32. The van der Waals surface area contributed by atoms with E-state index in [0.717, 1.165) is 38.1 Å². The van der Waals surface area contributed by atoms with Crippen molar-refractivity contribution < 1.29 is 9.53 Å². The number of likely N-dealkylation sites (tertiary alicyclic amines) is 2. The van der Waals surface area contributed by atoms with Gasteiger partial charge in [0.05, 0.1) is 0 Å². The number of benzene rings is 1. The number of nitrogens with zero attached hydrogens (tertiary/aromatic N) is 2. The lowest BCUT2D eigenvalue weighted by Crippen LogP contribution is -2.47. The van der Waals surface area contributed by atoms with E-state index in [4.69, 9.17) is 4.74 Å². The number of carbonyl (C=O) groups excluding carboxylic acids is 1. The van der Waals surface area contributed by atoms with Crippen molar-refractivity contribution in [1.82, 2.24) is 9.80 Å². The van der Waals surface area contributed by atoms with Crippen LogP contribution in [0.5, 0.6) is 5.75 Å². The van der Waals surface area contributed by atoms with E-state index in [2.05, 4.69) is 35.8 Å². The Hall–Kier alpha value is -1.26. The van der Waals surface area contributed by atoms with E-state index in [-0.39, 0.29) is 24.9 Å². The molecule has 2 heterocycles. The molecule has 1 aromatic rings. The number of amides is 1. The van der Waals surface area contributed by atoms with E-state index < -0.39 is 0 Å². The lowest BCUT2D eigenvalue weighted by Gasteiger charge is -2.37. The summed E-state index contributed by atoms with van der Waals surface area (Å²) in [7, 11) is 0. The predicted octanol–water partition coefficient (Wildman–Crippen LogP) is 4.87. The minimum Gasteiger partial charge on any atom is -0.484 e. The van der Waals surface area contributed by atoms with Gasteiger partial charge in [-0.1, -0.05) is 32.4 Å². The lowest BCUT2D eigenvalue weighted by molar-refractivity contribution is -0.137. The molecule has 5 heteroatoms. The molecule has 0 spiro atoms. The van der Waals surface area contributed by atoms with Crippen LogP contribution in [-0.4, -0.2) is 54.5 Å². The van der Waals surface area contributed by atoms with Crippen molar-refractivity contribution in [3.05, 3.63) is 29.8 Å². The summed E-state index contributed by atoms with van der Waals surface area (Å²) >= 11 is 0. The molecule has 2 aliphatic heterocycles. The number of hydrogen-bond acceptors (Lipinski definition) is 3. The van der Waals surface area contributed by atoms with Crippen LogP contribution in [0.1, 0.15) is 70.3 Å². The molecule has 158 valence electrons. The van der Waals surface area contributed by atoms with Gasteiger partial charge in [0.25, 0.3) is 5.91 Å². The van der Waals surface area contributed by atoms with Gasteiger partial charge in [-0.05, 0) is 75.2 Å². The molecular formula is C23H37ClN2O2. The topological polar surface area (TPSA) is 32.8 Å². The summed E-state index contributed by atoms with van der Waals surface area (Å²) in [5.41, 5.74) is 1.29. The SMILES string of the molecule is CC(C)c1ccc(OCC(=O)N2CCCCC2CCN2CCCCC2)cc1.Cl. The number of piperidine rings is 2. The maximum atomic E-state index is 12.8. The number of carbonyl (C=O) groups is 1. The van der Waals surface area contributed by atoms with Crippen LogP contribution in [0.25, 0.3) is 0 Å². The minimum atomic E-state index is 0. The minimum absolute atomic E-state index is 0. The highest BCUT2D eigenvalue weighted by Gasteiger charge is 2.27. The van der Waals surface area contributed by atoms with Crippen LogP contribution in [0.15, 0.2) is 24.3 Å². The Morgan fingerprint density at radius 2 is 1.71 bits per heavy atom. The third-order valence-corrected chi connectivity index (χ3v) is 6.08. The molecule has 1 amide bonds. The maximum Gasteiger partial charge on any atom is 0.260 e. The largest absolute Gasteiger partial charge is 0.484 e. The van der Waals surface area contributed by atoms with Crippen LogP contribution in [0.3, 0.4) is 0 Å². The van der Waals surface area contributed by atoms with Crippen LogP contribution in [0.2, 0.25) is 0 Å². The smallest absolute Gasteiger partial charge is 0.260 e. The Balaban J connectivity index is 0.00000280. The Bertz CT molecular complexity index is 585. The van der Waals surface area contributed by atoms with Gasteiger partial charge in [0, 0.05) is 19.1 Å². The highest BCUT2D eigenvalue weighted by molar-refractivity contribution is 5.85. The summed E-state index contributed by atoms with van der Waals surface area (Å²) in [4.78, 5) is 17.5. The van der Waals surface area contributed by atoms with Crippen LogP contribution < -0.4 is 4.74 Å². The first-order chi connectivity index (χ1) is 13.1. The number of halogens is 1. The summed E-state index contributed by atoms with van der Waals surface area (Å²) in [5.74, 6) is 1.44. The molecule has 0 aliphatic carbocycles. The van der Waals surface area contributed by atoms with E-state index in [1.54, 1.807) is 0 Å². The zero-order valence-electron chi connectivity index (χ0n) is 17.6. The van der Waals surface area contributed by atoms with Gasteiger partial charge in [0.2, 0.25) is 0 Å². The standard InChI is InChI=1S/C23H36N2O2.ClH/c1-19(2)20-9-11-22(12-10-20)27-18-23(26)25-16-7-4-8-21(25)13-17-24-14-5-3-6-15-24;/h9-12,19,21H,3-8,13-18H2,1-2H3;1H. The van der Waals surface area contributed by atoms with E-state index in [9.17, 15) is 4.79 Å². The Kier molecular flexibility index (Phi) is 9.60. The molecule has 0 saturated carbocycles. The van der Waals surface area contributed by atoms with Gasteiger partial charge < -0.3 is 14.5 Å². The maximum absolute atomic E-state index is 12.8. The summed E-state index contributed by atoms with van der Waals surface area (Å²) in [6, 6.07) is 8.53. The second kappa shape index (κ2) is 11.7. The van der Waals surface area contributed by atoms with Crippen molar-refractivity contribution in [3.63, 3.8) is 0 Å². The molecule has 3 rings (SSSR count). The Labute approximate surface area is 177 Å². The number of rotatable bonds is 7. The highest BCUT2D eigenvalue weighted by atomic mass is 35.5. The molecule has 0 aromatic heterocycles. The third kappa shape index (κ3) is 6.66. The molecular weight excluding hydrogens is 372 g/mol. The average Bonchev–Trinajstić information content (AvgIpc) is 2.71. The molecule has 0 bridgehead atoms. The second-order valence-electron chi connectivity index (χ2n) is 8.44. The summed E-state index contributed by atoms with van der Waals surface area (Å²) in [6.45, 7) is 9.00. The van der Waals surface area contributed by atoms with Gasteiger partial charge in [-0.2, -0.15) is 0 Å². The first-order valence-electron chi connectivity index (χ1n) is 10.9. The molecule has 1 unspecified atom stereocenters. The first-order valence-corrected chi connectivity index (χ1v) is 10.9. The highest BCUT2D eigenvalue weighted by Crippen LogP contribution is 2.22. The molecule has 1 atom stereocenters. The molecule has 2 saturated heterocycles. The zero-order valence-corrected chi connectivity index (χ0v) is 18.4. The molecule has 28 heavy (non-hydrogen) atoms. The molecule has 2 aliphatic rings. The number of hydrogen-bond donors (Lipinski definition) is 0. The first kappa shape index (κ1) is 23.0. The van der Waals surface area contributed by atoms with Crippen molar-refractivity contribution in [2.24, 2.45) is 0 Å². The molecule has 0 N–H and O–H groups in total. The van der Waals surface area contributed by atoms with E-state index in [0.29, 0.717) is 12.0 Å². The van der Waals surface area contributed by atoms with Gasteiger partial charge in [0.1, 0.15) is 5.75 Å². The average molecular weight is 409 g/mol. The van der Waals surface area contributed by atoms with Gasteiger partial charge in [0.15, 0.2) is 6.61 Å². The molecule has 1 aromatic carbocycles. The van der Waals surface area contributed by atoms with Gasteiger partial charge in [-0.3, -0.25) is 4.79 Å². The van der Waals surface area contributed by atoms with Gasteiger partial charge in [-0.15, -0.1) is 12.4 Å². The van der Waals surface area contributed by atoms with Crippen LogP contribution >= 0.6 is 12.4 Å². The van der Waals surface area contributed by atoms with Crippen molar-refractivity contribution >= 4 is 18.3 Å². The molecule has 0 radical (unpaired) electrons. The van der Waals surface area contributed by atoms with E-state index in [1.165, 1.54) is 44.3 Å². The van der Waals surface area contributed by atoms with E-state index >= 15 is 0 Å². The second-order valence-corrected chi connectivity index (χ2v) is 8.44. The monoisotopic (exact) mass is 408 g/mol. The van der Waals surface area contributed by atoms with Crippen molar-refractivity contribution in [2.45, 2.75) is 70.8 Å². The normalized spacial score (nSPS) is 20.7. The van der Waals surface area contributed by atoms with Crippen LogP contribution in [-0.2, 0) is 4.79 Å². The quantitative estimate of drug-likeness (QED) is 0.645. The Morgan fingerprint density at radius 3 is 2.39 bits per heavy atom. The third-order valence-electron chi connectivity index (χ3n) is 6.08. The van der Waals surface area contributed by atoms with Crippen LogP contribution in [0, 0.1) is 0 Å². The fourth-order valence-electron chi connectivity index (χ4n) is 4.32. The molecule has 2 fully saturated rings. The predicted molar refractivity (Wildman–Crippen MR) is 118 cm³/mol. The van der Waals surface area contributed by atoms with E-state index in [1.807, 2.05) is 12.1 Å². The summed E-state index contributed by atoms with van der Waals surface area (Å²) in [5, 5.41) is 0.